The molecule has 0 saturated carbocycles. The lowest BCUT2D eigenvalue weighted by molar-refractivity contribution is 0.320. The van der Waals surface area contributed by atoms with Crippen LogP contribution in [0.15, 0.2) is 17.2 Å². The minimum absolute atomic E-state index is 0.0391. The van der Waals surface area contributed by atoms with Gasteiger partial charge in [0.2, 0.25) is 0 Å². The maximum atomic E-state index is 12.1. The van der Waals surface area contributed by atoms with Gasteiger partial charge in [0.15, 0.2) is 0 Å². The highest BCUT2D eigenvalue weighted by Gasteiger charge is 2.25. The Balaban J connectivity index is 2.17. The van der Waals surface area contributed by atoms with Gasteiger partial charge in [-0.15, -0.1) is 11.3 Å². The fraction of sp³-hybridized carbons (Fsp3) is 0.231. The molecule has 0 aromatic carbocycles. The Bertz CT molecular complexity index is 830. The number of nitrogens with zero attached hydrogens (tertiary/aromatic N) is 1. The molecular formula is C13H11N3O2S. The molecule has 3 aromatic heterocycles. The quantitative estimate of drug-likeness (QED) is 0.714. The molecule has 6 heteroatoms. The monoisotopic (exact) mass is 273 g/mol. The van der Waals surface area contributed by atoms with Crippen LogP contribution in [0.4, 0.5) is 0 Å². The van der Waals surface area contributed by atoms with E-state index >= 15 is 0 Å². The summed E-state index contributed by atoms with van der Waals surface area (Å²) in [7, 11) is 0. The predicted molar refractivity (Wildman–Crippen MR) is 74.0 cm³/mol. The number of hydrogen-bond acceptors (Lipinski definition) is 4. The first-order valence-corrected chi connectivity index (χ1v) is 6.87. The lowest BCUT2D eigenvalue weighted by Gasteiger charge is -2.16. The maximum absolute atomic E-state index is 12.1. The van der Waals surface area contributed by atoms with Gasteiger partial charge in [-0.3, -0.25) is 9.89 Å². The molecule has 19 heavy (non-hydrogen) atoms. The van der Waals surface area contributed by atoms with Crippen molar-refractivity contribution in [2.45, 2.75) is 13.3 Å². The van der Waals surface area contributed by atoms with Crippen LogP contribution in [0.3, 0.4) is 0 Å². The van der Waals surface area contributed by atoms with Crippen molar-refractivity contribution in [2.24, 2.45) is 0 Å². The van der Waals surface area contributed by atoms with Crippen molar-refractivity contribution in [3.8, 4) is 16.2 Å². The maximum Gasteiger partial charge on any atom is 0.266 e. The minimum Gasteiger partial charge on any atom is -0.491 e. The third-order valence-corrected chi connectivity index (χ3v) is 4.70. The van der Waals surface area contributed by atoms with Crippen molar-refractivity contribution in [3.05, 3.63) is 34.0 Å². The van der Waals surface area contributed by atoms with Gasteiger partial charge in [0.25, 0.3) is 5.56 Å². The number of hydrogen-bond donors (Lipinski definition) is 2. The molecule has 1 aliphatic rings. The Hall–Kier alpha value is -2.08. The van der Waals surface area contributed by atoms with Gasteiger partial charge >= 0.3 is 0 Å². The highest BCUT2D eigenvalue weighted by molar-refractivity contribution is 7.22. The first-order valence-electron chi connectivity index (χ1n) is 6.06. The van der Waals surface area contributed by atoms with Crippen molar-refractivity contribution < 1.29 is 4.74 Å². The zero-order valence-electron chi connectivity index (χ0n) is 10.2. The summed E-state index contributed by atoms with van der Waals surface area (Å²) in [6.07, 6.45) is 4.41. The third-order valence-electron chi connectivity index (χ3n) is 3.49. The smallest absolute Gasteiger partial charge is 0.266 e. The number of rotatable bonds is 1. The highest BCUT2D eigenvalue weighted by Crippen LogP contribution is 2.46. The molecule has 0 radical (unpaired) electrons. The molecule has 0 fully saturated rings. The van der Waals surface area contributed by atoms with Crippen molar-refractivity contribution in [2.75, 3.05) is 6.61 Å². The number of aromatic amines is 2. The number of aromatic nitrogens is 3. The predicted octanol–water partition coefficient (Wildman–Crippen LogP) is 2.22. The molecule has 1 aliphatic heterocycles. The van der Waals surface area contributed by atoms with Crippen LogP contribution in [0, 0.1) is 6.92 Å². The molecule has 0 bridgehead atoms. The summed E-state index contributed by atoms with van der Waals surface area (Å²) in [5.41, 5.74) is 3.06. The SMILES string of the molecule is Cc1[nH]c(=O)c2sc(-c3cn[nH]c3)c3c2c1CCO3. The number of ether oxygens (including phenoxy) is 1. The molecule has 0 atom stereocenters. The van der Waals surface area contributed by atoms with E-state index in [1.165, 1.54) is 16.9 Å². The second-order valence-corrected chi connectivity index (χ2v) is 5.63. The van der Waals surface area contributed by atoms with Gasteiger partial charge in [0.05, 0.1) is 17.7 Å². The second kappa shape index (κ2) is 3.71. The second-order valence-electron chi connectivity index (χ2n) is 4.61. The molecule has 0 amide bonds. The van der Waals surface area contributed by atoms with Gasteiger partial charge in [-0.05, 0) is 12.5 Å². The first kappa shape index (κ1) is 10.8. The Kier molecular flexibility index (Phi) is 2.11. The Labute approximate surface area is 112 Å². The molecule has 4 rings (SSSR count). The van der Waals surface area contributed by atoms with E-state index in [0.29, 0.717) is 6.61 Å². The van der Waals surface area contributed by atoms with Gasteiger partial charge in [0.1, 0.15) is 10.4 Å². The zero-order valence-corrected chi connectivity index (χ0v) is 11.1. The van der Waals surface area contributed by atoms with Gasteiger partial charge < -0.3 is 9.72 Å². The molecule has 96 valence electrons. The van der Waals surface area contributed by atoms with Gasteiger partial charge in [-0.25, -0.2) is 0 Å². The normalized spacial score (nSPS) is 13.7. The number of nitrogens with one attached hydrogen (secondary N) is 2. The summed E-state index contributed by atoms with van der Waals surface area (Å²) in [6, 6.07) is 0. The molecule has 4 heterocycles. The van der Waals surface area contributed by atoms with Crippen molar-refractivity contribution in [3.63, 3.8) is 0 Å². The van der Waals surface area contributed by atoms with E-state index < -0.39 is 0 Å². The van der Waals surface area contributed by atoms with E-state index in [-0.39, 0.29) is 5.56 Å². The molecule has 0 unspecified atom stereocenters. The molecule has 3 aromatic rings. The van der Waals surface area contributed by atoms with Crippen LogP contribution >= 0.6 is 11.3 Å². The van der Waals surface area contributed by atoms with E-state index in [2.05, 4.69) is 15.2 Å². The largest absolute Gasteiger partial charge is 0.491 e. The molecule has 2 N–H and O–H groups in total. The van der Waals surface area contributed by atoms with E-state index in [0.717, 1.165) is 38.4 Å². The van der Waals surface area contributed by atoms with E-state index in [9.17, 15) is 4.79 Å². The standard InChI is InChI=1S/C13H11N3O2S/c1-6-8-2-3-18-10-9(8)12(13(17)16-6)19-11(10)7-4-14-15-5-7/h4-5H,2-3H2,1H3,(H,14,15)(H,16,17). The van der Waals surface area contributed by atoms with Crippen molar-refractivity contribution >= 4 is 21.4 Å². The third kappa shape index (κ3) is 1.40. The van der Waals surface area contributed by atoms with Crippen LogP contribution in [-0.4, -0.2) is 21.8 Å². The summed E-state index contributed by atoms with van der Waals surface area (Å²) in [6.45, 7) is 2.59. The fourth-order valence-electron chi connectivity index (χ4n) is 2.61. The van der Waals surface area contributed by atoms with Crippen LogP contribution in [-0.2, 0) is 6.42 Å². The average molecular weight is 273 g/mol. The number of aryl methyl sites for hydroxylation is 1. The van der Waals surface area contributed by atoms with Gasteiger partial charge in [-0.1, -0.05) is 0 Å². The highest BCUT2D eigenvalue weighted by atomic mass is 32.1. The molecular weight excluding hydrogens is 262 g/mol. The number of H-pyrrole nitrogens is 2. The van der Waals surface area contributed by atoms with E-state index in [1.807, 2.05) is 13.1 Å². The Morgan fingerprint density at radius 1 is 1.47 bits per heavy atom. The van der Waals surface area contributed by atoms with Crippen LogP contribution in [0.1, 0.15) is 11.3 Å². The van der Waals surface area contributed by atoms with Crippen molar-refractivity contribution in [1.29, 1.82) is 0 Å². The van der Waals surface area contributed by atoms with E-state index in [4.69, 9.17) is 4.74 Å². The number of thiophene rings is 1. The van der Waals surface area contributed by atoms with Crippen LogP contribution in [0.25, 0.3) is 20.5 Å². The summed E-state index contributed by atoms with van der Waals surface area (Å²) in [5, 5.41) is 7.74. The molecule has 5 nitrogen and oxygen atoms in total. The zero-order chi connectivity index (χ0) is 13.0. The summed E-state index contributed by atoms with van der Waals surface area (Å²) in [4.78, 5) is 16.0. The van der Waals surface area contributed by atoms with Gasteiger partial charge in [0, 0.05) is 29.3 Å². The molecule has 0 saturated heterocycles. The number of pyridine rings is 1. The summed E-state index contributed by atoms with van der Waals surface area (Å²) in [5.74, 6) is 0.830. The fourth-order valence-corrected chi connectivity index (χ4v) is 3.76. The topological polar surface area (TPSA) is 70.8 Å². The lowest BCUT2D eigenvalue weighted by Crippen LogP contribution is -2.15. The lowest BCUT2D eigenvalue weighted by atomic mass is 10.0. The Morgan fingerprint density at radius 3 is 3.16 bits per heavy atom. The van der Waals surface area contributed by atoms with Crippen LogP contribution in [0.2, 0.25) is 0 Å². The first-order chi connectivity index (χ1) is 9.25. The average Bonchev–Trinajstić information content (AvgIpc) is 3.03. The van der Waals surface area contributed by atoms with Gasteiger partial charge in [-0.2, -0.15) is 5.10 Å². The minimum atomic E-state index is -0.0391. The summed E-state index contributed by atoms with van der Waals surface area (Å²) >= 11 is 1.47. The Morgan fingerprint density at radius 2 is 2.37 bits per heavy atom. The summed E-state index contributed by atoms with van der Waals surface area (Å²) < 4.78 is 6.56. The van der Waals surface area contributed by atoms with E-state index in [1.54, 1.807) is 6.20 Å². The van der Waals surface area contributed by atoms with Crippen molar-refractivity contribution in [1.82, 2.24) is 15.2 Å². The van der Waals surface area contributed by atoms with Crippen LogP contribution < -0.4 is 10.3 Å². The molecule has 0 spiro atoms. The molecule has 0 aliphatic carbocycles. The van der Waals surface area contributed by atoms with Crippen LogP contribution in [0.5, 0.6) is 5.75 Å².